The van der Waals surface area contributed by atoms with Crippen LogP contribution in [-0.2, 0) is 6.42 Å². The predicted molar refractivity (Wildman–Crippen MR) is 86.0 cm³/mol. The summed E-state index contributed by atoms with van der Waals surface area (Å²) in [5.41, 5.74) is 11.1. The van der Waals surface area contributed by atoms with E-state index in [-0.39, 0.29) is 0 Å². The van der Waals surface area contributed by atoms with Gasteiger partial charge in [-0.2, -0.15) is 0 Å². The van der Waals surface area contributed by atoms with Crippen LogP contribution in [0.25, 0.3) is 16.5 Å². The number of anilines is 1. The molecule has 0 atom stereocenters. The Bertz CT molecular complexity index is 885. The average molecular weight is 289 g/mol. The van der Waals surface area contributed by atoms with Crippen LogP contribution in [0.2, 0.25) is 0 Å². The normalized spacial score (nSPS) is 14.3. The van der Waals surface area contributed by atoms with E-state index < -0.39 is 0 Å². The van der Waals surface area contributed by atoms with E-state index in [1.54, 1.807) is 6.33 Å². The molecule has 2 N–H and O–H groups in total. The lowest BCUT2D eigenvalue weighted by molar-refractivity contribution is 0.823. The van der Waals surface area contributed by atoms with Gasteiger partial charge in [0.2, 0.25) is 5.95 Å². The highest BCUT2D eigenvalue weighted by Crippen LogP contribution is 2.31. The lowest BCUT2D eigenvalue weighted by Crippen LogP contribution is -2.03. The standard InChI is InChI=1S/C17H15N5/c18-17-20-9-14-13(3-1-2-4-16(14)22-17)11-5-6-15-12(7-11)8-19-10-21-15/h3,5-10H,1-2,4H2,(H2,18,20,22). The fourth-order valence-corrected chi connectivity index (χ4v) is 2.90. The van der Waals surface area contributed by atoms with Crippen LogP contribution >= 0.6 is 0 Å². The van der Waals surface area contributed by atoms with Crippen LogP contribution in [0.15, 0.2) is 43.0 Å². The van der Waals surface area contributed by atoms with Crippen molar-refractivity contribution in [2.75, 3.05) is 5.73 Å². The van der Waals surface area contributed by atoms with E-state index in [4.69, 9.17) is 5.73 Å². The van der Waals surface area contributed by atoms with E-state index in [2.05, 4.69) is 38.1 Å². The molecule has 2 aromatic heterocycles. The van der Waals surface area contributed by atoms with Crippen LogP contribution in [0.1, 0.15) is 29.7 Å². The number of rotatable bonds is 1. The summed E-state index contributed by atoms with van der Waals surface area (Å²) < 4.78 is 0. The minimum absolute atomic E-state index is 0.340. The van der Waals surface area contributed by atoms with Crippen LogP contribution in [0, 0.1) is 0 Å². The Morgan fingerprint density at radius 2 is 2.05 bits per heavy atom. The quantitative estimate of drug-likeness (QED) is 0.745. The van der Waals surface area contributed by atoms with Gasteiger partial charge in [-0.1, -0.05) is 12.1 Å². The van der Waals surface area contributed by atoms with Gasteiger partial charge in [-0.3, -0.25) is 0 Å². The molecule has 0 saturated carbocycles. The molecular weight excluding hydrogens is 274 g/mol. The van der Waals surface area contributed by atoms with Gasteiger partial charge in [-0.05, 0) is 42.5 Å². The number of nitrogens with two attached hydrogens (primary N) is 1. The Kier molecular flexibility index (Phi) is 3.04. The SMILES string of the molecule is Nc1ncc2c(n1)CCCC=C2c1ccc2ncncc2c1. The zero-order valence-corrected chi connectivity index (χ0v) is 12.0. The smallest absolute Gasteiger partial charge is 0.220 e. The highest BCUT2D eigenvalue weighted by atomic mass is 15.0. The molecule has 0 bridgehead atoms. The maximum absolute atomic E-state index is 5.73. The third-order valence-corrected chi connectivity index (χ3v) is 3.96. The van der Waals surface area contributed by atoms with Gasteiger partial charge in [0, 0.05) is 23.3 Å². The van der Waals surface area contributed by atoms with E-state index in [1.165, 1.54) is 5.57 Å². The number of nitrogen functional groups attached to an aromatic ring is 1. The van der Waals surface area contributed by atoms with Crippen LogP contribution in [0.4, 0.5) is 5.95 Å². The first-order chi connectivity index (χ1) is 10.8. The molecule has 0 spiro atoms. The molecule has 108 valence electrons. The number of benzene rings is 1. The maximum atomic E-state index is 5.73. The minimum Gasteiger partial charge on any atom is -0.368 e. The zero-order chi connectivity index (χ0) is 14.9. The molecule has 0 aliphatic heterocycles. The van der Waals surface area contributed by atoms with Crippen molar-refractivity contribution in [3.63, 3.8) is 0 Å². The van der Waals surface area contributed by atoms with Crippen molar-refractivity contribution in [1.82, 2.24) is 19.9 Å². The van der Waals surface area contributed by atoms with E-state index in [0.717, 1.165) is 47.0 Å². The molecule has 0 fully saturated rings. The maximum Gasteiger partial charge on any atom is 0.220 e. The van der Waals surface area contributed by atoms with Gasteiger partial charge in [0.15, 0.2) is 0 Å². The Morgan fingerprint density at radius 3 is 3.00 bits per heavy atom. The molecule has 5 nitrogen and oxygen atoms in total. The van der Waals surface area contributed by atoms with E-state index in [1.807, 2.05) is 18.5 Å². The van der Waals surface area contributed by atoms with Gasteiger partial charge in [-0.25, -0.2) is 19.9 Å². The molecule has 1 aliphatic rings. The summed E-state index contributed by atoms with van der Waals surface area (Å²) in [6.07, 6.45) is 10.5. The molecular formula is C17H15N5. The first-order valence-corrected chi connectivity index (χ1v) is 7.33. The second-order valence-electron chi connectivity index (χ2n) is 5.39. The summed E-state index contributed by atoms with van der Waals surface area (Å²) in [6.45, 7) is 0. The van der Waals surface area contributed by atoms with Crippen molar-refractivity contribution in [2.45, 2.75) is 19.3 Å². The Morgan fingerprint density at radius 1 is 1.09 bits per heavy atom. The number of aryl methyl sites for hydroxylation is 1. The molecule has 1 aromatic carbocycles. The Balaban J connectivity index is 1.88. The molecule has 0 saturated heterocycles. The first kappa shape index (κ1) is 12.9. The summed E-state index contributed by atoms with van der Waals surface area (Å²) in [5, 5.41) is 1.03. The van der Waals surface area contributed by atoms with Crippen molar-refractivity contribution >= 4 is 22.4 Å². The number of hydrogen-bond donors (Lipinski definition) is 1. The highest BCUT2D eigenvalue weighted by molar-refractivity contribution is 5.87. The van der Waals surface area contributed by atoms with E-state index in [0.29, 0.717) is 5.95 Å². The molecule has 0 amide bonds. The Labute approximate surface area is 128 Å². The highest BCUT2D eigenvalue weighted by Gasteiger charge is 2.15. The fourth-order valence-electron chi connectivity index (χ4n) is 2.90. The topological polar surface area (TPSA) is 77.6 Å². The number of aromatic nitrogens is 4. The molecule has 22 heavy (non-hydrogen) atoms. The zero-order valence-electron chi connectivity index (χ0n) is 12.0. The summed E-state index contributed by atoms with van der Waals surface area (Å²) in [7, 11) is 0. The monoisotopic (exact) mass is 289 g/mol. The van der Waals surface area contributed by atoms with Crippen LogP contribution in [0.5, 0.6) is 0 Å². The predicted octanol–water partition coefficient (Wildman–Crippen LogP) is 2.77. The third-order valence-electron chi connectivity index (χ3n) is 3.96. The first-order valence-electron chi connectivity index (χ1n) is 7.33. The molecule has 0 radical (unpaired) electrons. The lowest BCUT2D eigenvalue weighted by atomic mass is 9.97. The van der Waals surface area contributed by atoms with Crippen molar-refractivity contribution in [3.8, 4) is 0 Å². The van der Waals surface area contributed by atoms with E-state index in [9.17, 15) is 0 Å². The van der Waals surface area contributed by atoms with Gasteiger partial charge in [0.05, 0.1) is 11.2 Å². The van der Waals surface area contributed by atoms with Crippen LogP contribution in [0.3, 0.4) is 0 Å². The number of allylic oxidation sites excluding steroid dienone is 1. The largest absolute Gasteiger partial charge is 0.368 e. The Hall–Kier alpha value is -2.82. The van der Waals surface area contributed by atoms with Crippen molar-refractivity contribution in [3.05, 3.63) is 59.8 Å². The van der Waals surface area contributed by atoms with Gasteiger partial charge >= 0.3 is 0 Å². The van der Waals surface area contributed by atoms with Crippen LogP contribution in [-0.4, -0.2) is 19.9 Å². The molecule has 4 rings (SSSR count). The fraction of sp³-hybridized carbons (Fsp3) is 0.176. The summed E-state index contributed by atoms with van der Waals surface area (Å²) >= 11 is 0. The second kappa shape index (κ2) is 5.18. The van der Waals surface area contributed by atoms with Gasteiger partial charge < -0.3 is 5.73 Å². The second-order valence-corrected chi connectivity index (χ2v) is 5.39. The van der Waals surface area contributed by atoms with Crippen molar-refractivity contribution in [2.24, 2.45) is 0 Å². The lowest BCUT2D eigenvalue weighted by Gasteiger charge is -2.11. The molecule has 5 heteroatoms. The molecule has 2 heterocycles. The molecule has 1 aliphatic carbocycles. The van der Waals surface area contributed by atoms with Crippen LogP contribution < -0.4 is 5.73 Å². The van der Waals surface area contributed by atoms with E-state index >= 15 is 0 Å². The number of hydrogen-bond acceptors (Lipinski definition) is 5. The molecule has 0 unspecified atom stereocenters. The van der Waals surface area contributed by atoms with Gasteiger partial charge in [0.1, 0.15) is 6.33 Å². The number of nitrogens with zero attached hydrogens (tertiary/aromatic N) is 4. The summed E-state index contributed by atoms with van der Waals surface area (Å²) in [6, 6.07) is 6.23. The number of fused-ring (bicyclic) bond motifs is 2. The average Bonchev–Trinajstić information content (AvgIpc) is 2.76. The van der Waals surface area contributed by atoms with Crippen molar-refractivity contribution < 1.29 is 0 Å². The van der Waals surface area contributed by atoms with Gasteiger partial charge in [-0.15, -0.1) is 0 Å². The van der Waals surface area contributed by atoms with Crippen molar-refractivity contribution in [1.29, 1.82) is 0 Å². The minimum atomic E-state index is 0.340. The van der Waals surface area contributed by atoms with Gasteiger partial charge in [0.25, 0.3) is 0 Å². The third kappa shape index (κ3) is 2.20. The summed E-state index contributed by atoms with van der Waals surface area (Å²) in [4.78, 5) is 17.0. The molecule has 3 aromatic rings. The summed E-state index contributed by atoms with van der Waals surface area (Å²) in [5.74, 6) is 0.340.